The van der Waals surface area contributed by atoms with E-state index in [4.69, 9.17) is 16.3 Å². The molecular formula is C23H34ClF3N2O4. The van der Waals surface area contributed by atoms with E-state index in [1.165, 1.54) is 0 Å². The van der Waals surface area contributed by atoms with E-state index in [2.05, 4.69) is 10.6 Å². The van der Waals surface area contributed by atoms with Crippen LogP contribution in [0.1, 0.15) is 70.6 Å². The van der Waals surface area contributed by atoms with Crippen molar-refractivity contribution in [1.29, 1.82) is 0 Å². The summed E-state index contributed by atoms with van der Waals surface area (Å²) in [5.41, 5.74) is -1.32. The molecule has 188 valence electrons. The lowest BCUT2D eigenvalue weighted by molar-refractivity contribution is -0.141. The van der Waals surface area contributed by atoms with Crippen LogP contribution in [0, 0.1) is 11.8 Å². The van der Waals surface area contributed by atoms with Gasteiger partial charge in [0.2, 0.25) is 18.2 Å². The Bertz CT molecular complexity index is 734. The molecule has 10 heteroatoms. The summed E-state index contributed by atoms with van der Waals surface area (Å²) < 4.78 is 45.3. The molecule has 0 heterocycles. The minimum atomic E-state index is -2.39. The molecule has 33 heavy (non-hydrogen) atoms. The lowest BCUT2D eigenvalue weighted by Crippen LogP contribution is -2.70. The first-order chi connectivity index (χ1) is 15.6. The van der Waals surface area contributed by atoms with Gasteiger partial charge in [-0.2, -0.15) is 0 Å². The zero-order valence-electron chi connectivity index (χ0n) is 18.7. The number of aliphatic hydroxyl groups is 1. The second-order valence-electron chi connectivity index (χ2n) is 10.6. The number of carbonyl (C=O) groups excluding carboxylic acids is 2. The van der Waals surface area contributed by atoms with Crippen molar-refractivity contribution >= 4 is 23.4 Å². The van der Waals surface area contributed by atoms with Crippen LogP contribution in [0.3, 0.4) is 0 Å². The van der Waals surface area contributed by atoms with E-state index in [0.29, 0.717) is 57.8 Å². The molecule has 2 bridgehead atoms. The molecule has 5 unspecified atom stereocenters. The molecule has 2 amide bonds. The number of ether oxygens (including phenoxy) is 1. The number of hydrogen-bond acceptors (Lipinski definition) is 4. The third-order valence-electron chi connectivity index (χ3n) is 8.39. The van der Waals surface area contributed by atoms with Crippen molar-refractivity contribution in [2.24, 2.45) is 11.8 Å². The second-order valence-corrected chi connectivity index (χ2v) is 11.1. The third-order valence-corrected chi connectivity index (χ3v) is 8.89. The number of rotatable bonds is 7. The first-order valence-electron chi connectivity index (χ1n) is 12.1. The molecule has 0 aromatic rings. The highest BCUT2D eigenvalue weighted by atomic mass is 35.5. The van der Waals surface area contributed by atoms with Gasteiger partial charge >= 0.3 is 0 Å². The monoisotopic (exact) mass is 494 g/mol. The van der Waals surface area contributed by atoms with Crippen LogP contribution in [0.2, 0.25) is 0 Å². The SMILES string of the molecule is O=C(COC1CCC(Cl)C(F)C1)NC12CCC(NC(=O)C3CCC(C(F)F)C3)(CC1)C[C@@H]2O. The Hall–Kier alpha value is -1.06. The first-order valence-corrected chi connectivity index (χ1v) is 12.5. The van der Waals surface area contributed by atoms with Crippen molar-refractivity contribution in [3.63, 3.8) is 0 Å². The van der Waals surface area contributed by atoms with Crippen molar-refractivity contribution in [1.82, 2.24) is 10.6 Å². The number of aliphatic hydroxyl groups excluding tert-OH is 1. The fourth-order valence-electron chi connectivity index (χ4n) is 6.21. The fraction of sp³-hybridized carbons (Fsp3) is 0.913. The van der Waals surface area contributed by atoms with E-state index in [1.54, 1.807) is 0 Å². The quantitative estimate of drug-likeness (QED) is 0.474. The van der Waals surface area contributed by atoms with Crippen LogP contribution in [-0.4, -0.2) is 64.8 Å². The normalized spacial score (nSPS) is 43.0. The average Bonchev–Trinajstić information content (AvgIpc) is 3.27. The summed E-state index contributed by atoms with van der Waals surface area (Å²) in [6.07, 6.45) is 0.159. The minimum Gasteiger partial charge on any atom is -0.391 e. The lowest BCUT2D eigenvalue weighted by Gasteiger charge is -2.56. The Kier molecular flexibility index (Phi) is 7.51. The van der Waals surface area contributed by atoms with Crippen molar-refractivity contribution in [2.45, 2.75) is 112 Å². The van der Waals surface area contributed by atoms with Crippen LogP contribution >= 0.6 is 11.6 Å². The van der Waals surface area contributed by atoms with Gasteiger partial charge in [-0.1, -0.05) is 0 Å². The van der Waals surface area contributed by atoms with Gasteiger partial charge in [0.1, 0.15) is 12.8 Å². The Morgan fingerprint density at radius 3 is 2.39 bits per heavy atom. The molecular weight excluding hydrogens is 461 g/mol. The number of halogens is 4. The highest BCUT2D eigenvalue weighted by Gasteiger charge is 2.55. The van der Waals surface area contributed by atoms with Crippen molar-refractivity contribution in [3.8, 4) is 0 Å². The summed E-state index contributed by atoms with van der Waals surface area (Å²) in [6, 6.07) is 0. The molecule has 0 aromatic carbocycles. The summed E-state index contributed by atoms with van der Waals surface area (Å²) in [4.78, 5) is 25.3. The third kappa shape index (κ3) is 5.45. The number of nitrogens with one attached hydrogen (secondary N) is 2. The van der Waals surface area contributed by atoms with Gasteiger partial charge in [-0.3, -0.25) is 9.59 Å². The molecule has 0 saturated heterocycles. The van der Waals surface area contributed by atoms with Crippen LogP contribution < -0.4 is 10.6 Å². The number of fused-ring (bicyclic) bond motifs is 3. The maximum absolute atomic E-state index is 13.8. The lowest BCUT2D eigenvalue weighted by atomic mass is 9.59. The van der Waals surface area contributed by atoms with Gasteiger partial charge in [0.05, 0.1) is 23.1 Å². The Morgan fingerprint density at radius 1 is 1.06 bits per heavy atom. The van der Waals surface area contributed by atoms with Crippen molar-refractivity contribution < 1.29 is 32.6 Å². The van der Waals surface area contributed by atoms with E-state index in [-0.39, 0.29) is 37.4 Å². The number of carbonyl (C=O) groups is 2. The predicted molar refractivity (Wildman–Crippen MR) is 116 cm³/mol. The average molecular weight is 495 g/mol. The van der Waals surface area contributed by atoms with E-state index in [0.717, 1.165) is 0 Å². The van der Waals surface area contributed by atoms with E-state index in [9.17, 15) is 27.9 Å². The van der Waals surface area contributed by atoms with Crippen LogP contribution in [0.15, 0.2) is 0 Å². The molecule has 5 aliphatic carbocycles. The summed E-state index contributed by atoms with van der Waals surface area (Å²) >= 11 is 5.89. The molecule has 5 fully saturated rings. The molecule has 0 spiro atoms. The Morgan fingerprint density at radius 2 is 1.79 bits per heavy atom. The Labute approximate surface area is 197 Å². The van der Waals surface area contributed by atoms with Crippen LogP contribution in [0.5, 0.6) is 0 Å². The molecule has 0 aliphatic heterocycles. The fourth-order valence-corrected chi connectivity index (χ4v) is 6.44. The summed E-state index contributed by atoms with van der Waals surface area (Å²) in [5.74, 6) is -1.67. The second kappa shape index (κ2) is 9.90. The maximum Gasteiger partial charge on any atom is 0.246 e. The van der Waals surface area contributed by atoms with Crippen LogP contribution in [0.4, 0.5) is 13.2 Å². The molecule has 5 rings (SSSR count). The highest BCUT2D eigenvalue weighted by Crippen LogP contribution is 2.47. The van der Waals surface area contributed by atoms with Crippen LogP contribution in [-0.2, 0) is 14.3 Å². The molecule has 5 aliphatic rings. The van der Waals surface area contributed by atoms with Gasteiger partial charge in [-0.15, -0.1) is 11.6 Å². The number of hydrogen-bond donors (Lipinski definition) is 3. The molecule has 0 aromatic heterocycles. The predicted octanol–water partition coefficient (Wildman–Crippen LogP) is 3.23. The summed E-state index contributed by atoms with van der Waals surface area (Å²) in [5, 5.41) is 16.4. The Balaban J connectivity index is 1.26. The van der Waals surface area contributed by atoms with Gasteiger partial charge < -0.3 is 20.5 Å². The molecule has 3 N–H and O–H groups in total. The molecule has 0 radical (unpaired) electrons. The largest absolute Gasteiger partial charge is 0.391 e. The smallest absolute Gasteiger partial charge is 0.246 e. The molecule has 6 atom stereocenters. The zero-order chi connectivity index (χ0) is 23.8. The van der Waals surface area contributed by atoms with Gasteiger partial charge in [0, 0.05) is 23.8 Å². The first kappa shape index (κ1) is 25.0. The van der Waals surface area contributed by atoms with E-state index in [1.807, 2.05) is 0 Å². The van der Waals surface area contributed by atoms with Gasteiger partial charge in [-0.05, 0) is 64.2 Å². The molecule has 5 saturated carbocycles. The van der Waals surface area contributed by atoms with E-state index < -0.39 is 47.0 Å². The zero-order valence-corrected chi connectivity index (χ0v) is 19.5. The standard InChI is InChI=1S/C23H34ClF3N2O4/c24-16-4-3-15(10-17(16)25)33-12-19(31)28-23-7-5-22(6-8-23,11-18(23)30)29-21(32)14-2-1-13(9-14)20(26)27/h13-18,20,30H,1-12H2,(H,28,31)(H,29,32)/t13?,14?,15?,16?,17?,18-,22?,23?/m0/s1. The topological polar surface area (TPSA) is 87.7 Å². The highest BCUT2D eigenvalue weighted by molar-refractivity contribution is 6.21. The van der Waals surface area contributed by atoms with Gasteiger partial charge in [0.15, 0.2) is 0 Å². The maximum atomic E-state index is 13.8. The van der Waals surface area contributed by atoms with Crippen molar-refractivity contribution in [2.75, 3.05) is 6.61 Å². The van der Waals surface area contributed by atoms with Crippen LogP contribution in [0.25, 0.3) is 0 Å². The number of amides is 2. The number of alkyl halides is 4. The summed E-state index contributed by atoms with van der Waals surface area (Å²) in [7, 11) is 0. The van der Waals surface area contributed by atoms with Gasteiger partial charge in [0.25, 0.3) is 0 Å². The van der Waals surface area contributed by atoms with Gasteiger partial charge in [-0.25, -0.2) is 13.2 Å². The summed E-state index contributed by atoms with van der Waals surface area (Å²) in [6.45, 7) is -0.201. The van der Waals surface area contributed by atoms with E-state index >= 15 is 0 Å². The molecule has 6 nitrogen and oxygen atoms in total. The minimum absolute atomic E-state index is 0.177. The van der Waals surface area contributed by atoms with Crippen molar-refractivity contribution in [3.05, 3.63) is 0 Å².